The zero-order valence-corrected chi connectivity index (χ0v) is 12.3. The van der Waals surface area contributed by atoms with Crippen LogP contribution in [-0.4, -0.2) is 35.2 Å². The lowest BCUT2D eigenvalue weighted by atomic mass is 10.0. The van der Waals surface area contributed by atoms with E-state index < -0.39 is 0 Å². The van der Waals surface area contributed by atoms with Gasteiger partial charge in [0.25, 0.3) is 0 Å². The van der Waals surface area contributed by atoms with Crippen LogP contribution in [0.15, 0.2) is 23.2 Å². The van der Waals surface area contributed by atoms with Crippen molar-refractivity contribution >= 4 is 29.3 Å². The Labute approximate surface area is 118 Å². The Bertz CT molecular complexity index is 464. The summed E-state index contributed by atoms with van der Waals surface area (Å²) in [5.74, 6) is 0. The summed E-state index contributed by atoms with van der Waals surface area (Å²) in [5, 5.41) is 1.84. The van der Waals surface area contributed by atoms with E-state index >= 15 is 0 Å². The van der Waals surface area contributed by atoms with Crippen LogP contribution < -0.4 is 0 Å². The van der Waals surface area contributed by atoms with Crippen molar-refractivity contribution in [3.8, 4) is 0 Å². The van der Waals surface area contributed by atoms with Crippen molar-refractivity contribution in [1.82, 2.24) is 4.90 Å². The van der Waals surface area contributed by atoms with Gasteiger partial charge in [0.1, 0.15) is 0 Å². The second kappa shape index (κ2) is 5.95. The third-order valence-electron chi connectivity index (χ3n) is 3.51. The molecule has 2 aliphatic rings. The van der Waals surface area contributed by atoms with Gasteiger partial charge in [-0.15, -0.1) is 12.4 Å². The molecule has 2 N–H and O–H groups in total. The van der Waals surface area contributed by atoms with E-state index in [0.717, 1.165) is 19.6 Å². The number of hydrogen-bond donors (Lipinski definition) is 0. The number of halogens is 1. The van der Waals surface area contributed by atoms with Crippen molar-refractivity contribution in [3.63, 3.8) is 0 Å². The van der Waals surface area contributed by atoms with Crippen LogP contribution >= 0.6 is 24.2 Å². The number of aryl methyl sites for hydroxylation is 1. The molecule has 1 fully saturated rings. The average molecular weight is 287 g/mol. The zero-order chi connectivity index (χ0) is 11.1. The van der Waals surface area contributed by atoms with Gasteiger partial charge in [-0.1, -0.05) is 30.0 Å². The van der Waals surface area contributed by atoms with E-state index in [4.69, 9.17) is 0 Å². The standard InChI is InChI=1S/C13H16N2S.ClH.H2O/c1-9-4-3-5-11(10(9)2)12-8-15-7-6-14-13(15)16-12;;/h3-5,12H,6-8H2,1-2H3;1H;1H2. The Morgan fingerprint density at radius 2 is 2.11 bits per heavy atom. The molecule has 1 aromatic carbocycles. The van der Waals surface area contributed by atoms with Crippen LogP contribution in [0.1, 0.15) is 21.9 Å². The monoisotopic (exact) mass is 286 g/mol. The van der Waals surface area contributed by atoms with Crippen molar-refractivity contribution in [2.24, 2.45) is 4.99 Å². The Balaban J connectivity index is 0.000000810. The fourth-order valence-corrected chi connectivity index (χ4v) is 3.76. The quantitative estimate of drug-likeness (QED) is 0.796. The number of fused-ring (bicyclic) bond motifs is 1. The molecule has 0 aromatic heterocycles. The largest absolute Gasteiger partial charge is 0.412 e. The summed E-state index contributed by atoms with van der Waals surface area (Å²) in [6.45, 7) is 7.66. The van der Waals surface area contributed by atoms with Crippen molar-refractivity contribution < 1.29 is 5.48 Å². The molecule has 1 saturated heterocycles. The highest BCUT2D eigenvalue weighted by Crippen LogP contribution is 2.41. The lowest BCUT2D eigenvalue weighted by Gasteiger charge is -2.15. The summed E-state index contributed by atoms with van der Waals surface area (Å²) in [7, 11) is 0. The van der Waals surface area contributed by atoms with Crippen LogP contribution in [0.2, 0.25) is 0 Å². The molecule has 1 atom stereocenters. The normalized spacial score (nSPS) is 20.9. The second-order valence-corrected chi connectivity index (χ2v) is 5.68. The van der Waals surface area contributed by atoms with Crippen LogP contribution in [-0.2, 0) is 0 Å². The molecule has 2 aliphatic heterocycles. The van der Waals surface area contributed by atoms with E-state index in [0.29, 0.717) is 5.25 Å². The maximum absolute atomic E-state index is 4.53. The van der Waals surface area contributed by atoms with Gasteiger partial charge in [-0.05, 0) is 30.5 Å². The average Bonchev–Trinajstić information content (AvgIpc) is 2.81. The molecule has 18 heavy (non-hydrogen) atoms. The first kappa shape index (κ1) is 15.3. The summed E-state index contributed by atoms with van der Waals surface area (Å²) in [4.78, 5) is 6.94. The first-order valence-corrected chi connectivity index (χ1v) is 6.66. The Morgan fingerprint density at radius 3 is 2.83 bits per heavy atom. The number of thioether (sulfide) groups is 1. The summed E-state index contributed by atoms with van der Waals surface area (Å²) in [5.41, 5.74) is 4.33. The first-order chi connectivity index (χ1) is 7.75. The minimum absolute atomic E-state index is 0. The molecule has 0 amide bonds. The third kappa shape index (κ3) is 2.51. The molecule has 2 heterocycles. The summed E-state index contributed by atoms with van der Waals surface area (Å²) >= 11 is 1.93. The van der Waals surface area contributed by atoms with Gasteiger partial charge in [0, 0.05) is 13.1 Å². The summed E-state index contributed by atoms with van der Waals surface area (Å²) < 4.78 is 0. The fourth-order valence-electron chi connectivity index (χ4n) is 2.39. The van der Waals surface area contributed by atoms with Gasteiger partial charge >= 0.3 is 0 Å². The van der Waals surface area contributed by atoms with Gasteiger partial charge in [-0.3, -0.25) is 4.99 Å². The topological polar surface area (TPSA) is 47.1 Å². The van der Waals surface area contributed by atoms with Crippen molar-refractivity contribution in [1.29, 1.82) is 0 Å². The van der Waals surface area contributed by atoms with Crippen LogP contribution in [0, 0.1) is 13.8 Å². The molecular formula is C13H19ClN2OS. The summed E-state index contributed by atoms with van der Waals surface area (Å²) in [6.07, 6.45) is 0. The van der Waals surface area contributed by atoms with Crippen LogP contribution in [0.3, 0.4) is 0 Å². The van der Waals surface area contributed by atoms with E-state index in [1.54, 1.807) is 0 Å². The maximum Gasteiger partial charge on any atom is 0.160 e. The van der Waals surface area contributed by atoms with Crippen LogP contribution in [0.4, 0.5) is 0 Å². The Morgan fingerprint density at radius 1 is 1.33 bits per heavy atom. The molecule has 0 spiro atoms. The number of aliphatic imine (C=N–C) groups is 1. The molecule has 1 aromatic rings. The van der Waals surface area contributed by atoms with E-state index in [9.17, 15) is 0 Å². The lowest BCUT2D eigenvalue weighted by Crippen LogP contribution is -2.21. The maximum atomic E-state index is 4.53. The van der Waals surface area contributed by atoms with E-state index in [1.807, 2.05) is 11.8 Å². The van der Waals surface area contributed by atoms with E-state index in [1.165, 1.54) is 21.9 Å². The molecule has 0 aliphatic carbocycles. The Kier molecular flexibility index (Phi) is 5.08. The number of benzene rings is 1. The minimum atomic E-state index is 0. The highest BCUT2D eigenvalue weighted by Gasteiger charge is 2.32. The fraction of sp³-hybridized carbons (Fsp3) is 0.462. The zero-order valence-electron chi connectivity index (χ0n) is 10.6. The van der Waals surface area contributed by atoms with Crippen LogP contribution in [0.25, 0.3) is 0 Å². The molecule has 0 saturated carbocycles. The lowest BCUT2D eigenvalue weighted by molar-refractivity contribution is 0.476. The Hall–Kier alpha value is -0.710. The summed E-state index contributed by atoms with van der Waals surface area (Å²) in [6, 6.07) is 6.63. The van der Waals surface area contributed by atoms with E-state index in [-0.39, 0.29) is 17.9 Å². The highest BCUT2D eigenvalue weighted by molar-refractivity contribution is 8.14. The molecule has 5 heteroatoms. The number of rotatable bonds is 1. The molecule has 3 nitrogen and oxygen atoms in total. The first-order valence-electron chi connectivity index (χ1n) is 5.78. The molecule has 3 rings (SSSR count). The van der Waals surface area contributed by atoms with Crippen molar-refractivity contribution in [2.75, 3.05) is 19.6 Å². The van der Waals surface area contributed by atoms with Gasteiger partial charge in [0.05, 0.1) is 11.8 Å². The van der Waals surface area contributed by atoms with Crippen molar-refractivity contribution in [2.45, 2.75) is 19.1 Å². The minimum Gasteiger partial charge on any atom is -0.412 e. The SMILES string of the molecule is Cc1cccc(C2CN3CCN=C3S2)c1C.Cl.O. The molecular weight excluding hydrogens is 268 g/mol. The molecule has 0 bridgehead atoms. The number of amidine groups is 1. The highest BCUT2D eigenvalue weighted by atomic mass is 35.5. The van der Waals surface area contributed by atoms with Gasteiger partial charge < -0.3 is 10.4 Å². The molecule has 100 valence electrons. The van der Waals surface area contributed by atoms with Gasteiger partial charge in [0.15, 0.2) is 5.17 Å². The van der Waals surface area contributed by atoms with Crippen LogP contribution in [0.5, 0.6) is 0 Å². The van der Waals surface area contributed by atoms with Gasteiger partial charge in [-0.2, -0.15) is 0 Å². The predicted octanol–water partition coefficient (Wildman–Crippen LogP) is 2.36. The smallest absolute Gasteiger partial charge is 0.160 e. The number of nitrogens with zero attached hydrogens (tertiary/aromatic N) is 2. The second-order valence-electron chi connectivity index (χ2n) is 4.51. The molecule has 0 radical (unpaired) electrons. The van der Waals surface area contributed by atoms with Crippen molar-refractivity contribution in [3.05, 3.63) is 34.9 Å². The third-order valence-corrected chi connectivity index (χ3v) is 4.80. The molecule has 1 unspecified atom stereocenters. The van der Waals surface area contributed by atoms with Gasteiger partial charge in [0.2, 0.25) is 0 Å². The number of hydrogen-bond acceptors (Lipinski definition) is 3. The van der Waals surface area contributed by atoms with Gasteiger partial charge in [-0.25, -0.2) is 0 Å². The predicted molar refractivity (Wildman–Crippen MR) is 81.0 cm³/mol. The van der Waals surface area contributed by atoms with E-state index in [2.05, 4.69) is 41.9 Å².